The van der Waals surface area contributed by atoms with E-state index >= 15 is 0 Å². The molecule has 0 N–H and O–H groups in total. The molecule has 0 spiro atoms. The van der Waals surface area contributed by atoms with Gasteiger partial charge in [0.1, 0.15) is 0 Å². The third-order valence-corrected chi connectivity index (χ3v) is 1.54. The summed E-state index contributed by atoms with van der Waals surface area (Å²) in [6, 6.07) is 0. The third-order valence-electron chi connectivity index (χ3n) is 1.54. The van der Waals surface area contributed by atoms with Crippen LogP contribution in [0.15, 0.2) is 0 Å². The summed E-state index contributed by atoms with van der Waals surface area (Å²) in [6.45, 7) is 4.99. The second-order valence-corrected chi connectivity index (χ2v) is 3.08. The molecule has 0 saturated carbocycles. The quantitative estimate of drug-likeness (QED) is 0.559. The first-order valence-corrected chi connectivity index (χ1v) is 3.49. The average Bonchev–Trinajstić information content (AvgIpc) is 2.05. The summed E-state index contributed by atoms with van der Waals surface area (Å²) in [5, 5.41) is 10.4. The van der Waals surface area contributed by atoms with E-state index in [-0.39, 0.29) is 0 Å². The molecule has 4 heteroatoms. The molecular formula is C7H11O4. The SMILES string of the molecule is CC1OC(C)(C)OC1C([O])=O. The highest BCUT2D eigenvalue weighted by atomic mass is 16.8. The van der Waals surface area contributed by atoms with E-state index in [1.54, 1.807) is 20.8 Å². The van der Waals surface area contributed by atoms with E-state index in [4.69, 9.17) is 9.47 Å². The zero-order valence-electron chi connectivity index (χ0n) is 6.79. The maximum Gasteiger partial charge on any atom is 0.386 e. The first-order valence-electron chi connectivity index (χ1n) is 3.49. The van der Waals surface area contributed by atoms with Crippen LogP contribution in [0.4, 0.5) is 0 Å². The number of rotatable bonds is 1. The van der Waals surface area contributed by atoms with Crippen molar-refractivity contribution in [1.29, 1.82) is 0 Å². The lowest BCUT2D eigenvalue weighted by molar-refractivity contribution is -0.170. The second-order valence-electron chi connectivity index (χ2n) is 3.08. The van der Waals surface area contributed by atoms with Gasteiger partial charge >= 0.3 is 5.97 Å². The number of hydrogen-bond donors (Lipinski definition) is 0. The molecule has 1 radical (unpaired) electrons. The van der Waals surface area contributed by atoms with Gasteiger partial charge < -0.3 is 9.47 Å². The molecule has 0 bridgehead atoms. The van der Waals surface area contributed by atoms with Crippen molar-refractivity contribution in [2.24, 2.45) is 0 Å². The predicted molar refractivity (Wildman–Crippen MR) is 35.2 cm³/mol. The molecular weight excluding hydrogens is 148 g/mol. The van der Waals surface area contributed by atoms with Gasteiger partial charge in [0.15, 0.2) is 11.9 Å². The van der Waals surface area contributed by atoms with Crippen molar-refractivity contribution >= 4 is 5.97 Å². The maximum absolute atomic E-state index is 10.4. The van der Waals surface area contributed by atoms with Gasteiger partial charge in [0.2, 0.25) is 0 Å². The lowest BCUT2D eigenvalue weighted by Crippen LogP contribution is -2.28. The fourth-order valence-corrected chi connectivity index (χ4v) is 1.18. The van der Waals surface area contributed by atoms with Crippen LogP contribution >= 0.6 is 0 Å². The molecule has 1 aliphatic rings. The van der Waals surface area contributed by atoms with Gasteiger partial charge in [-0.1, -0.05) is 0 Å². The van der Waals surface area contributed by atoms with Gasteiger partial charge in [0, 0.05) is 0 Å². The Labute approximate surface area is 65.1 Å². The van der Waals surface area contributed by atoms with Gasteiger partial charge in [-0.2, -0.15) is 0 Å². The molecule has 0 aromatic carbocycles. The topological polar surface area (TPSA) is 55.4 Å². The number of carbonyl (C=O) groups is 1. The molecule has 11 heavy (non-hydrogen) atoms. The summed E-state index contributed by atoms with van der Waals surface area (Å²) < 4.78 is 10.2. The van der Waals surface area contributed by atoms with Crippen LogP contribution in [0.3, 0.4) is 0 Å². The van der Waals surface area contributed by atoms with Crippen molar-refractivity contribution in [2.45, 2.75) is 38.8 Å². The minimum atomic E-state index is -1.22. The van der Waals surface area contributed by atoms with Crippen molar-refractivity contribution in [3.8, 4) is 0 Å². The third kappa shape index (κ3) is 1.70. The number of hydrogen-bond acceptors (Lipinski definition) is 3. The van der Waals surface area contributed by atoms with E-state index < -0.39 is 24.0 Å². The van der Waals surface area contributed by atoms with Crippen LogP contribution in [0.1, 0.15) is 20.8 Å². The molecule has 1 heterocycles. The Hall–Kier alpha value is -0.610. The van der Waals surface area contributed by atoms with Crippen molar-refractivity contribution in [3.05, 3.63) is 0 Å². The Balaban J connectivity index is 2.66. The smallest absolute Gasteiger partial charge is 0.344 e. The number of carbonyl (C=O) groups excluding carboxylic acids is 1. The van der Waals surface area contributed by atoms with Crippen LogP contribution in [0, 0.1) is 0 Å². The van der Waals surface area contributed by atoms with Gasteiger partial charge in [-0.25, -0.2) is 9.90 Å². The zero-order chi connectivity index (χ0) is 8.65. The van der Waals surface area contributed by atoms with Gasteiger partial charge in [0.25, 0.3) is 0 Å². The van der Waals surface area contributed by atoms with E-state index in [9.17, 15) is 9.90 Å². The highest BCUT2D eigenvalue weighted by molar-refractivity contribution is 5.72. The Kier molecular flexibility index (Phi) is 1.90. The van der Waals surface area contributed by atoms with Crippen molar-refractivity contribution in [3.63, 3.8) is 0 Å². The van der Waals surface area contributed by atoms with Crippen molar-refractivity contribution < 1.29 is 19.4 Å². The monoisotopic (exact) mass is 159 g/mol. The summed E-state index contributed by atoms with van der Waals surface area (Å²) in [7, 11) is 0. The fourth-order valence-electron chi connectivity index (χ4n) is 1.18. The normalized spacial score (nSPS) is 35.5. The molecule has 4 nitrogen and oxygen atoms in total. The van der Waals surface area contributed by atoms with Crippen LogP contribution in [0.5, 0.6) is 0 Å². The summed E-state index contributed by atoms with van der Waals surface area (Å²) in [4.78, 5) is 10.4. The van der Waals surface area contributed by atoms with Crippen LogP contribution in [-0.2, 0) is 19.4 Å². The maximum atomic E-state index is 10.4. The van der Waals surface area contributed by atoms with Crippen LogP contribution < -0.4 is 0 Å². The van der Waals surface area contributed by atoms with E-state index in [0.717, 1.165) is 0 Å². The first-order chi connectivity index (χ1) is 4.92. The van der Waals surface area contributed by atoms with E-state index in [0.29, 0.717) is 0 Å². The summed E-state index contributed by atoms with van der Waals surface area (Å²) >= 11 is 0. The van der Waals surface area contributed by atoms with Crippen LogP contribution in [-0.4, -0.2) is 24.0 Å². The molecule has 0 aromatic heterocycles. The van der Waals surface area contributed by atoms with E-state index in [1.807, 2.05) is 0 Å². The Morgan fingerprint density at radius 3 is 2.09 bits per heavy atom. The molecule has 1 fully saturated rings. The van der Waals surface area contributed by atoms with Gasteiger partial charge in [-0.15, -0.1) is 0 Å². The Bertz CT molecular complexity index is 175. The van der Waals surface area contributed by atoms with Crippen LogP contribution in [0.2, 0.25) is 0 Å². The summed E-state index contributed by atoms with van der Waals surface area (Å²) in [5.74, 6) is -2.02. The molecule has 2 atom stereocenters. The van der Waals surface area contributed by atoms with Gasteiger partial charge in [-0.05, 0) is 20.8 Å². The average molecular weight is 159 g/mol. The van der Waals surface area contributed by atoms with Crippen molar-refractivity contribution in [2.75, 3.05) is 0 Å². The van der Waals surface area contributed by atoms with Crippen molar-refractivity contribution in [1.82, 2.24) is 0 Å². The molecule has 2 unspecified atom stereocenters. The molecule has 0 aromatic rings. The predicted octanol–water partition coefficient (Wildman–Crippen LogP) is 0.483. The standard InChI is InChI=1S/C7H11O4/c1-4-5(6(8)9)11-7(2,3)10-4/h4-5H,1-3H3. The lowest BCUT2D eigenvalue weighted by Gasteiger charge is -2.15. The summed E-state index contributed by atoms with van der Waals surface area (Å²) in [6.07, 6.45) is -1.38. The minimum Gasteiger partial charge on any atom is -0.344 e. The zero-order valence-corrected chi connectivity index (χ0v) is 6.79. The molecule has 1 rings (SSSR count). The first kappa shape index (κ1) is 8.49. The number of ether oxygens (including phenoxy) is 2. The lowest BCUT2D eigenvalue weighted by atomic mass is 10.2. The molecule has 1 aliphatic heterocycles. The van der Waals surface area contributed by atoms with Gasteiger partial charge in [-0.3, -0.25) is 0 Å². The van der Waals surface area contributed by atoms with Crippen LogP contribution in [0.25, 0.3) is 0 Å². The fraction of sp³-hybridized carbons (Fsp3) is 0.857. The molecule has 63 valence electrons. The summed E-state index contributed by atoms with van der Waals surface area (Å²) in [5.41, 5.74) is 0. The molecule has 0 amide bonds. The second kappa shape index (κ2) is 2.46. The highest BCUT2D eigenvalue weighted by Crippen LogP contribution is 2.27. The van der Waals surface area contributed by atoms with Gasteiger partial charge in [0.05, 0.1) is 6.10 Å². The molecule has 1 saturated heterocycles. The molecule has 0 aliphatic carbocycles. The van der Waals surface area contributed by atoms with E-state index in [1.165, 1.54) is 0 Å². The highest BCUT2D eigenvalue weighted by Gasteiger charge is 2.43. The largest absolute Gasteiger partial charge is 0.386 e. The van der Waals surface area contributed by atoms with E-state index in [2.05, 4.69) is 0 Å². The minimum absolute atomic E-state index is 0.435. The Morgan fingerprint density at radius 1 is 1.36 bits per heavy atom. The Morgan fingerprint density at radius 2 is 1.91 bits per heavy atom.